The van der Waals surface area contributed by atoms with E-state index >= 15 is 0 Å². The smallest absolute Gasteiger partial charge is 0.407 e. The number of ether oxygens (including phenoxy) is 1. The molecule has 176 valence electrons. The summed E-state index contributed by atoms with van der Waals surface area (Å²) >= 11 is 0. The first kappa shape index (κ1) is 23.3. The first-order valence-electron chi connectivity index (χ1n) is 11.4. The molecular formula is C26H28N4O4. The van der Waals surface area contributed by atoms with Gasteiger partial charge in [0.25, 0.3) is 5.89 Å². The minimum Gasteiger partial charge on any atom is -0.490 e. The van der Waals surface area contributed by atoms with E-state index in [0.29, 0.717) is 47.5 Å². The first-order chi connectivity index (χ1) is 16.3. The summed E-state index contributed by atoms with van der Waals surface area (Å²) in [4.78, 5) is 18.0. The molecule has 3 aromatic rings. The summed E-state index contributed by atoms with van der Waals surface area (Å²) in [6.07, 6.45) is 0.369. The second kappa shape index (κ2) is 9.56. The van der Waals surface area contributed by atoms with Gasteiger partial charge in [-0.25, -0.2) is 4.79 Å². The second-order valence-corrected chi connectivity index (χ2v) is 9.16. The van der Waals surface area contributed by atoms with Gasteiger partial charge in [0.05, 0.1) is 17.7 Å². The van der Waals surface area contributed by atoms with Gasteiger partial charge in [-0.05, 0) is 61.9 Å². The Hall–Kier alpha value is -3.86. The van der Waals surface area contributed by atoms with Gasteiger partial charge in [0.15, 0.2) is 0 Å². The van der Waals surface area contributed by atoms with Crippen LogP contribution < -0.4 is 4.74 Å². The van der Waals surface area contributed by atoms with Gasteiger partial charge in [-0.3, -0.25) is 0 Å². The molecule has 1 atom stereocenters. The molecule has 2 heterocycles. The number of fused-ring (bicyclic) bond motifs is 1. The highest BCUT2D eigenvalue weighted by molar-refractivity contribution is 5.70. The SMILES string of the molecule is CC(C)CC1c2cccc(-c3noc(-c4ccc(OC(C)C)c(C#N)c4)n3)c2CCN1C(=O)O. The van der Waals surface area contributed by atoms with E-state index in [1.165, 1.54) is 4.90 Å². The maximum Gasteiger partial charge on any atom is 0.407 e. The predicted octanol–water partition coefficient (Wildman–Crippen LogP) is 5.69. The number of aromatic nitrogens is 2. The number of hydrogen-bond donors (Lipinski definition) is 1. The number of benzene rings is 2. The van der Waals surface area contributed by atoms with Crippen LogP contribution in [0.3, 0.4) is 0 Å². The maximum atomic E-state index is 11.9. The normalized spacial score (nSPS) is 15.3. The van der Waals surface area contributed by atoms with Crippen molar-refractivity contribution in [3.8, 4) is 34.7 Å². The fourth-order valence-corrected chi connectivity index (χ4v) is 4.45. The topological polar surface area (TPSA) is 112 Å². The number of nitrogens with zero attached hydrogens (tertiary/aromatic N) is 4. The van der Waals surface area contributed by atoms with Crippen molar-refractivity contribution < 1.29 is 19.2 Å². The van der Waals surface area contributed by atoms with E-state index in [0.717, 1.165) is 23.1 Å². The van der Waals surface area contributed by atoms with Crippen molar-refractivity contribution in [2.24, 2.45) is 5.92 Å². The van der Waals surface area contributed by atoms with Crippen LogP contribution in [-0.4, -0.2) is 38.9 Å². The summed E-state index contributed by atoms with van der Waals surface area (Å²) < 4.78 is 11.2. The lowest BCUT2D eigenvalue weighted by atomic mass is 9.85. The predicted molar refractivity (Wildman–Crippen MR) is 126 cm³/mol. The summed E-state index contributed by atoms with van der Waals surface area (Å²) in [6.45, 7) is 8.42. The number of carbonyl (C=O) groups is 1. The van der Waals surface area contributed by atoms with E-state index in [1.807, 2.05) is 32.0 Å². The lowest BCUT2D eigenvalue weighted by Gasteiger charge is -2.37. The fraction of sp³-hybridized carbons (Fsp3) is 0.385. The average molecular weight is 461 g/mol. The van der Waals surface area contributed by atoms with Gasteiger partial charge >= 0.3 is 6.09 Å². The Morgan fingerprint density at radius 1 is 1.29 bits per heavy atom. The van der Waals surface area contributed by atoms with E-state index < -0.39 is 6.09 Å². The standard InChI is InChI=1S/C26H28N4O4/c1-15(2)12-22-20-6-5-7-21(19(20)10-11-30(22)26(31)32)24-28-25(34-29-24)17-8-9-23(33-16(3)4)18(13-17)14-27/h5-9,13,15-16,22H,10-12H2,1-4H3,(H,31,32). The van der Waals surface area contributed by atoms with E-state index in [-0.39, 0.29) is 12.1 Å². The molecule has 2 aromatic carbocycles. The van der Waals surface area contributed by atoms with Crippen LogP contribution in [0.15, 0.2) is 40.9 Å². The van der Waals surface area contributed by atoms with E-state index in [1.54, 1.807) is 18.2 Å². The molecule has 8 heteroatoms. The zero-order valence-electron chi connectivity index (χ0n) is 19.8. The van der Waals surface area contributed by atoms with Gasteiger partial charge in [0, 0.05) is 17.7 Å². The van der Waals surface area contributed by atoms with Crippen LogP contribution in [-0.2, 0) is 6.42 Å². The van der Waals surface area contributed by atoms with Gasteiger partial charge in [0.2, 0.25) is 5.82 Å². The van der Waals surface area contributed by atoms with Gasteiger partial charge in [0.1, 0.15) is 11.8 Å². The Morgan fingerprint density at radius 2 is 2.09 bits per heavy atom. The van der Waals surface area contributed by atoms with Crippen LogP contribution in [0, 0.1) is 17.2 Å². The lowest BCUT2D eigenvalue weighted by molar-refractivity contribution is 0.113. The molecule has 1 N–H and O–H groups in total. The minimum absolute atomic E-state index is 0.0474. The number of rotatable bonds is 6. The Balaban J connectivity index is 1.70. The Morgan fingerprint density at radius 3 is 2.76 bits per heavy atom. The summed E-state index contributed by atoms with van der Waals surface area (Å²) in [5, 5.41) is 23.5. The summed E-state index contributed by atoms with van der Waals surface area (Å²) in [7, 11) is 0. The lowest BCUT2D eigenvalue weighted by Crippen LogP contribution is -2.40. The molecule has 1 amide bonds. The molecule has 0 saturated heterocycles. The average Bonchev–Trinajstić information content (AvgIpc) is 3.28. The molecule has 4 rings (SSSR count). The second-order valence-electron chi connectivity index (χ2n) is 9.16. The number of nitriles is 1. The van der Waals surface area contributed by atoms with E-state index in [9.17, 15) is 15.2 Å². The zero-order valence-corrected chi connectivity index (χ0v) is 19.8. The zero-order chi connectivity index (χ0) is 24.4. The molecule has 1 aliphatic rings. The highest BCUT2D eigenvalue weighted by Crippen LogP contribution is 2.39. The first-order valence-corrected chi connectivity index (χ1v) is 11.4. The molecule has 0 fully saturated rings. The highest BCUT2D eigenvalue weighted by Gasteiger charge is 2.33. The molecule has 0 saturated carbocycles. The quantitative estimate of drug-likeness (QED) is 0.503. The van der Waals surface area contributed by atoms with E-state index in [2.05, 4.69) is 30.1 Å². The molecule has 8 nitrogen and oxygen atoms in total. The van der Waals surface area contributed by atoms with Crippen LogP contribution in [0.1, 0.15) is 56.8 Å². The molecule has 1 unspecified atom stereocenters. The third kappa shape index (κ3) is 4.60. The third-order valence-electron chi connectivity index (χ3n) is 5.87. The monoisotopic (exact) mass is 460 g/mol. The molecule has 0 bridgehead atoms. The molecule has 0 aliphatic carbocycles. The van der Waals surface area contributed by atoms with Crippen molar-refractivity contribution in [2.45, 2.75) is 52.7 Å². The molecule has 1 aliphatic heterocycles. The number of amides is 1. The Bertz CT molecular complexity index is 1240. The van der Waals surface area contributed by atoms with Gasteiger partial charge in [-0.15, -0.1) is 0 Å². The van der Waals surface area contributed by atoms with E-state index in [4.69, 9.17) is 9.26 Å². The van der Waals surface area contributed by atoms with Crippen molar-refractivity contribution in [3.05, 3.63) is 53.1 Å². The summed E-state index contributed by atoms with van der Waals surface area (Å²) in [5.74, 6) is 1.61. The van der Waals surface area contributed by atoms with Crippen LogP contribution >= 0.6 is 0 Å². The molecular weight excluding hydrogens is 432 g/mol. The highest BCUT2D eigenvalue weighted by atomic mass is 16.5. The van der Waals surface area contributed by atoms with Crippen molar-refractivity contribution in [2.75, 3.05) is 6.54 Å². The Kier molecular flexibility index (Phi) is 6.55. The van der Waals surface area contributed by atoms with Crippen LogP contribution in [0.4, 0.5) is 4.79 Å². The van der Waals surface area contributed by atoms with Crippen molar-refractivity contribution >= 4 is 6.09 Å². The minimum atomic E-state index is -0.901. The summed E-state index contributed by atoms with van der Waals surface area (Å²) in [5.41, 5.74) is 3.91. The van der Waals surface area contributed by atoms with Crippen LogP contribution in [0.5, 0.6) is 5.75 Å². The summed E-state index contributed by atoms with van der Waals surface area (Å²) in [6, 6.07) is 13.0. The fourth-order valence-electron chi connectivity index (χ4n) is 4.45. The maximum absolute atomic E-state index is 11.9. The van der Waals surface area contributed by atoms with Gasteiger partial charge in [-0.2, -0.15) is 10.2 Å². The molecule has 34 heavy (non-hydrogen) atoms. The number of carboxylic acid groups (broad SMARTS) is 1. The Labute approximate surface area is 198 Å². The molecule has 0 spiro atoms. The van der Waals surface area contributed by atoms with Gasteiger partial charge < -0.3 is 19.3 Å². The van der Waals surface area contributed by atoms with Crippen molar-refractivity contribution in [1.82, 2.24) is 15.0 Å². The van der Waals surface area contributed by atoms with Crippen LogP contribution in [0.2, 0.25) is 0 Å². The van der Waals surface area contributed by atoms with Gasteiger partial charge in [-0.1, -0.05) is 37.2 Å². The van der Waals surface area contributed by atoms with Crippen molar-refractivity contribution in [3.63, 3.8) is 0 Å². The number of hydrogen-bond acceptors (Lipinski definition) is 6. The molecule has 0 radical (unpaired) electrons. The largest absolute Gasteiger partial charge is 0.490 e. The molecule has 1 aromatic heterocycles. The third-order valence-corrected chi connectivity index (χ3v) is 5.87. The van der Waals surface area contributed by atoms with Crippen molar-refractivity contribution in [1.29, 1.82) is 5.26 Å². The van der Waals surface area contributed by atoms with Crippen LogP contribution in [0.25, 0.3) is 22.8 Å².